The molecule has 2 amide bonds. The lowest BCUT2D eigenvalue weighted by Crippen LogP contribution is -2.44. The molecular weight excluding hydrogens is 304 g/mol. The van der Waals surface area contributed by atoms with Gasteiger partial charge in [-0.15, -0.1) is 0 Å². The molecule has 1 unspecified atom stereocenters. The molecule has 0 bridgehead atoms. The number of ether oxygens (including phenoxy) is 1. The number of benzene rings is 2. The minimum atomic E-state index is -0.547. The summed E-state index contributed by atoms with van der Waals surface area (Å²) in [6.07, 6.45) is 0.512. The highest BCUT2D eigenvalue weighted by Gasteiger charge is 2.36. The number of amides is 2. The van der Waals surface area contributed by atoms with Crippen LogP contribution in [0.3, 0.4) is 0 Å². The molecule has 1 heterocycles. The predicted octanol–water partition coefficient (Wildman–Crippen LogP) is 3.00. The molecule has 0 fully saturated rings. The lowest BCUT2D eigenvalue weighted by molar-refractivity contribution is -0.122. The average molecular weight is 324 g/mol. The van der Waals surface area contributed by atoms with Gasteiger partial charge in [0.2, 0.25) is 11.8 Å². The van der Waals surface area contributed by atoms with Gasteiger partial charge in [-0.1, -0.05) is 30.3 Å². The van der Waals surface area contributed by atoms with Crippen molar-refractivity contribution in [3.05, 3.63) is 54.1 Å². The summed E-state index contributed by atoms with van der Waals surface area (Å²) in [5.41, 5.74) is 2.43. The zero-order chi connectivity index (χ0) is 17.1. The van der Waals surface area contributed by atoms with Crippen molar-refractivity contribution in [3.8, 4) is 5.75 Å². The molecule has 0 radical (unpaired) electrons. The zero-order valence-corrected chi connectivity index (χ0v) is 13.8. The van der Waals surface area contributed by atoms with Gasteiger partial charge in [-0.05, 0) is 30.7 Å². The summed E-state index contributed by atoms with van der Waals surface area (Å²) < 4.78 is 5.54. The van der Waals surface area contributed by atoms with Crippen molar-refractivity contribution in [2.75, 3.05) is 16.8 Å². The number of para-hydroxylation sites is 3. The van der Waals surface area contributed by atoms with Gasteiger partial charge in [0, 0.05) is 19.0 Å². The summed E-state index contributed by atoms with van der Waals surface area (Å²) in [4.78, 5) is 26.4. The lowest BCUT2D eigenvalue weighted by Gasteiger charge is -2.23. The van der Waals surface area contributed by atoms with Crippen LogP contribution in [0.25, 0.3) is 0 Å². The maximum absolute atomic E-state index is 12.8. The van der Waals surface area contributed by atoms with Gasteiger partial charge in [0.25, 0.3) is 0 Å². The van der Waals surface area contributed by atoms with Gasteiger partial charge in [-0.25, -0.2) is 0 Å². The van der Waals surface area contributed by atoms with Crippen molar-refractivity contribution < 1.29 is 14.3 Å². The van der Waals surface area contributed by atoms with E-state index in [2.05, 4.69) is 5.32 Å². The van der Waals surface area contributed by atoms with Gasteiger partial charge in [0.1, 0.15) is 11.8 Å². The molecular formula is C19H20N2O3. The number of fused-ring (bicyclic) bond motifs is 1. The molecule has 1 aliphatic heterocycles. The Kier molecular flexibility index (Phi) is 4.51. The van der Waals surface area contributed by atoms with E-state index in [9.17, 15) is 9.59 Å². The molecule has 0 saturated carbocycles. The van der Waals surface area contributed by atoms with Crippen LogP contribution in [-0.4, -0.2) is 24.5 Å². The first-order valence-electron chi connectivity index (χ1n) is 8.02. The number of hydrogen-bond donors (Lipinski definition) is 1. The number of hydrogen-bond acceptors (Lipinski definition) is 3. The molecule has 3 rings (SSSR count). The van der Waals surface area contributed by atoms with Crippen LogP contribution < -0.4 is 15.0 Å². The molecule has 2 aromatic carbocycles. The van der Waals surface area contributed by atoms with Crippen molar-refractivity contribution in [1.29, 1.82) is 0 Å². The van der Waals surface area contributed by atoms with Crippen LogP contribution in [0, 0.1) is 0 Å². The van der Waals surface area contributed by atoms with E-state index in [4.69, 9.17) is 4.74 Å². The number of rotatable bonds is 4. The van der Waals surface area contributed by atoms with Crippen LogP contribution in [0.4, 0.5) is 11.4 Å². The standard InChI is InChI=1S/C19H20N2O3/c1-3-24-18-11-7-5-9-15(18)20-19(23)17-12-14-8-4-6-10-16(14)21(17)13(2)22/h4-11,17H,3,12H2,1-2H3,(H,20,23). The maximum Gasteiger partial charge on any atom is 0.248 e. The average Bonchev–Trinajstić information content (AvgIpc) is 2.96. The van der Waals surface area contributed by atoms with Crippen molar-refractivity contribution in [2.24, 2.45) is 0 Å². The van der Waals surface area contributed by atoms with Crippen LogP contribution >= 0.6 is 0 Å². The zero-order valence-electron chi connectivity index (χ0n) is 13.8. The molecule has 1 N–H and O–H groups in total. The first-order chi connectivity index (χ1) is 11.6. The summed E-state index contributed by atoms with van der Waals surface area (Å²) in [6, 6.07) is 14.4. The predicted molar refractivity (Wildman–Crippen MR) is 93.3 cm³/mol. The number of nitrogens with zero attached hydrogens (tertiary/aromatic N) is 1. The van der Waals surface area contributed by atoms with Crippen molar-refractivity contribution >= 4 is 23.2 Å². The topological polar surface area (TPSA) is 58.6 Å². The molecule has 0 spiro atoms. The van der Waals surface area contributed by atoms with Crippen molar-refractivity contribution in [2.45, 2.75) is 26.3 Å². The Bertz CT molecular complexity index is 773. The smallest absolute Gasteiger partial charge is 0.248 e. The Morgan fingerprint density at radius 2 is 1.88 bits per heavy atom. The molecule has 124 valence electrons. The van der Waals surface area contributed by atoms with E-state index in [1.807, 2.05) is 49.4 Å². The first kappa shape index (κ1) is 16.1. The fraction of sp³-hybridized carbons (Fsp3) is 0.263. The molecule has 5 heteroatoms. The van der Waals surface area contributed by atoms with E-state index in [0.717, 1.165) is 11.3 Å². The van der Waals surface area contributed by atoms with Gasteiger partial charge < -0.3 is 10.1 Å². The molecule has 2 aromatic rings. The Labute approximate surface area is 141 Å². The molecule has 0 aromatic heterocycles. The highest BCUT2D eigenvalue weighted by atomic mass is 16.5. The number of nitrogens with one attached hydrogen (secondary N) is 1. The molecule has 24 heavy (non-hydrogen) atoms. The number of carbonyl (C=O) groups excluding carboxylic acids is 2. The molecule has 1 atom stereocenters. The monoisotopic (exact) mass is 324 g/mol. The fourth-order valence-electron chi connectivity index (χ4n) is 3.05. The number of carbonyl (C=O) groups is 2. The minimum Gasteiger partial charge on any atom is -0.492 e. The van der Waals surface area contributed by atoms with Crippen LogP contribution in [-0.2, 0) is 16.0 Å². The Hall–Kier alpha value is -2.82. The van der Waals surface area contributed by atoms with Crippen molar-refractivity contribution in [1.82, 2.24) is 0 Å². The molecule has 0 saturated heterocycles. The van der Waals surface area contributed by atoms with Gasteiger partial charge in [0.05, 0.1) is 12.3 Å². The summed E-state index contributed by atoms with van der Waals surface area (Å²) in [5, 5.41) is 2.90. The van der Waals surface area contributed by atoms with E-state index in [-0.39, 0.29) is 11.8 Å². The summed E-state index contributed by atoms with van der Waals surface area (Å²) in [6.45, 7) is 3.89. The van der Waals surface area contributed by atoms with Crippen LogP contribution in [0.15, 0.2) is 48.5 Å². The minimum absolute atomic E-state index is 0.141. The second-order valence-corrected chi connectivity index (χ2v) is 5.66. The maximum atomic E-state index is 12.8. The van der Waals surface area contributed by atoms with E-state index in [1.165, 1.54) is 6.92 Å². The van der Waals surface area contributed by atoms with Gasteiger partial charge in [0.15, 0.2) is 0 Å². The van der Waals surface area contributed by atoms with Crippen LogP contribution in [0.2, 0.25) is 0 Å². The summed E-state index contributed by atoms with van der Waals surface area (Å²) >= 11 is 0. The van der Waals surface area contributed by atoms with Gasteiger partial charge in [-0.3, -0.25) is 14.5 Å². The van der Waals surface area contributed by atoms with E-state index < -0.39 is 6.04 Å². The molecule has 0 aliphatic carbocycles. The third kappa shape index (κ3) is 2.97. The fourth-order valence-corrected chi connectivity index (χ4v) is 3.05. The van der Waals surface area contributed by atoms with Crippen LogP contribution in [0.1, 0.15) is 19.4 Å². The highest BCUT2D eigenvalue weighted by molar-refractivity contribution is 6.07. The lowest BCUT2D eigenvalue weighted by atomic mass is 10.1. The van der Waals surface area contributed by atoms with Gasteiger partial charge in [-0.2, -0.15) is 0 Å². The Morgan fingerprint density at radius 3 is 2.62 bits per heavy atom. The Morgan fingerprint density at radius 1 is 1.17 bits per heavy atom. The quantitative estimate of drug-likeness (QED) is 0.940. The Balaban J connectivity index is 1.85. The second-order valence-electron chi connectivity index (χ2n) is 5.66. The first-order valence-corrected chi connectivity index (χ1v) is 8.02. The van der Waals surface area contributed by atoms with Gasteiger partial charge >= 0.3 is 0 Å². The van der Waals surface area contributed by atoms with E-state index in [1.54, 1.807) is 11.0 Å². The summed E-state index contributed by atoms with van der Waals surface area (Å²) in [5.74, 6) is 0.269. The van der Waals surface area contributed by atoms with Crippen molar-refractivity contribution in [3.63, 3.8) is 0 Å². The van der Waals surface area contributed by atoms with E-state index >= 15 is 0 Å². The third-order valence-corrected chi connectivity index (χ3v) is 4.06. The third-order valence-electron chi connectivity index (χ3n) is 4.06. The second kappa shape index (κ2) is 6.74. The summed E-state index contributed by atoms with van der Waals surface area (Å²) in [7, 11) is 0. The van der Waals surface area contributed by atoms with Crippen LogP contribution in [0.5, 0.6) is 5.75 Å². The molecule has 1 aliphatic rings. The highest BCUT2D eigenvalue weighted by Crippen LogP contribution is 2.33. The molecule has 5 nitrogen and oxygen atoms in total. The van der Waals surface area contributed by atoms with E-state index in [0.29, 0.717) is 24.5 Å². The number of anilines is 2. The SMILES string of the molecule is CCOc1ccccc1NC(=O)C1Cc2ccccc2N1C(C)=O. The largest absolute Gasteiger partial charge is 0.492 e. The normalized spacial score (nSPS) is 15.8.